The largest absolute Gasteiger partial charge is 0.493 e. The molecule has 0 aliphatic carbocycles. The van der Waals surface area contributed by atoms with Crippen LogP contribution in [-0.4, -0.2) is 27.7 Å². The predicted octanol–water partition coefficient (Wildman–Crippen LogP) is 2.50. The van der Waals surface area contributed by atoms with Crippen molar-refractivity contribution in [2.24, 2.45) is 0 Å². The minimum absolute atomic E-state index is 0.102. The van der Waals surface area contributed by atoms with Gasteiger partial charge in [0.05, 0.1) is 17.7 Å². The van der Waals surface area contributed by atoms with Gasteiger partial charge >= 0.3 is 5.97 Å². The molecule has 3 rings (SSSR count). The fourth-order valence-electron chi connectivity index (χ4n) is 2.71. The summed E-state index contributed by atoms with van der Waals surface area (Å²) in [6, 6.07) is 8.78. The van der Waals surface area contributed by atoms with Gasteiger partial charge in [-0.1, -0.05) is 18.2 Å². The average molecular weight is 384 g/mol. The maximum atomic E-state index is 14.6. The van der Waals surface area contributed by atoms with E-state index in [0.717, 1.165) is 0 Å². The van der Waals surface area contributed by atoms with E-state index in [1.165, 1.54) is 24.3 Å². The molecular weight excluding hydrogens is 367 g/mol. The number of rotatable bonds is 5. The number of aromatic carboxylic acids is 1. The number of nitrogen functional groups attached to an aromatic ring is 2. The van der Waals surface area contributed by atoms with Crippen LogP contribution in [0.15, 0.2) is 41.2 Å². The molecule has 2 aromatic carbocycles. The van der Waals surface area contributed by atoms with Gasteiger partial charge in [0.2, 0.25) is 0 Å². The smallest absolute Gasteiger partial charge is 0.338 e. The zero-order valence-corrected chi connectivity index (χ0v) is 14.8. The normalized spacial score (nSPS) is 10.6. The number of benzene rings is 2. The van der Waals surface area contributed by atoms with Gasteiger partial charge in [-0.15, -0.1) is 0 Å². The lowest BCUT2D eigenvalue weighted by atomic mass is 10.00. The first-order valence-corrected chi connectivity index (χ1v) is 8.28. The molecule has 0 fully saturated rings. The number of aromatic amines is 1. The molecule has 0 amide bonds. The number of hydrogen-bond acceptors (Lipinski definition) is 6. The molecule has 0 unspecified atom stereocenters. The van der Waals surface area contributed by atoms with Gasteiger partial charge in [-0.2, -0.15) is 0 Å². The van der Waals surface area contributed by atoms with Gasteiger partial charge in [-0.05, 0) is 30.7 Å². The Hall–Kier alpha value is -3.88. The molecule has 0 saturated carbocycles. The zero-order chi connectivity index (χ0) is 20.4. The number of carboxylic acid groups (broad SMARTS) is 1. The van der Waals surface area contributed by atoms with Crippen LogP contribution in [0.3, 0.4) is 0 Å². The van der Waals surface area contributed by atoms with E-state index >= 15 is 0 Å². The SMILES string of the molecule is CCOc1cc(-c2cccc(C(=O)O)c2F)ccc1-c1nc(N)c(N)c(=O)[nH]1. The summed E-state index contributed by atoms with van der Waals surface area (Å²) in [6.07, 6.45) is 0. The number of nitrogens with zero attached hydrogens (tertiary/aromatic N) is 1. The number of carbonyl (C=O) groups is 1. The Bertz CT molecular complexity index is 1130. The van der Waals surface area contributed by atoms with E-state index < -0.39 is 22.9 Å². The van der Waals surface area contributed by atoms with E-state index in [1.54, 1.807) is 19.1 Å². The van der Waals surface area contributed by atoms with Crippen LogP contribution in [0.5, 0.6) is 5.75 Å². The van der Waals surface area contributed by atoms with Crippen molar-refractivity contribution in [1.29, 1.82) is 0 Å². The standard InChI is InChI=1S/C19H17FN4O4/c1-2-28-13-8-9(10-4-3-5-12(14(10)20)19(26)27)6-7-11(13)17-23-16(22)15(21)18(25)24-17/h3-8H,2,21H2,1H3,(H,26,27)(H3,22,23,24,25). The molecule has 0 bridgehead atoms. The number of ether oxygens (including phenoxy) is 1. The van der Waals surface area contributed by atoms with Gasteiger partial charge in [0.1, 0.15) is 23.1 Å². The average Bonchev–Trinajstić information content (AvgIpc) is 2.66. The Morgan fingerprint density at radius 2 is 2.00 bits per heavy atom. The van der Waals surface area contributed by atoms with E-state index in [2.05, 4.69) is 9.97 Å². The van der Waals surface area contributed by atoms with Gasteiger partial charge in [0.15, 0.2) is 5.82 Å². The Balaban J connectivity index is 2.17. The van der Waals surface area contributed by atoms with Gasteiger partial charge in [0, 0.05) is 5.56 Å². The molecule has 0 spiro atoms. The molecule has 6 N–H and O–H groups in total. The van der Waals surface area contributed by atoms with Crippen LogP contribution in [0.4, 0.5) is 15.9 Å². The van der Waals surface area contributed by atoms with Crippen LogP contribution in [0.2, 0.25) is 0 Å². The second-order valence-corrected chi connectivity index (χ2v) is 5.83. The Labute approximate surface area is 158 Å². The van der Waals surface area contributed by atoms with Crippen molar-refractivity contribution in [3.8, 4) is 28.3 Å². The molecule has 0 atom stereocenters. The van der Waals surface area contributed by atoms with E-state index in [0.29, 0.717) is 23.5 Å². The Kier molecular flexibility index (Phi) is 4.99. The van der Waals surface area contributed by atoms with Gasteiger partial charge in [-0.3, -0.25) is 4.79 Å². The second-order valence-electron chi connectivity index (χ2n) is 5.83. The first kappa shape index (κ1) is 18.9. The minimum atomic E-state index is -1.36. The predicted molar refractivity (Wildman–Crippen MR) is 103 cm³/mol. The van der Waals surface area contributed by atoms with Crippen LogP contribution < -0.4 is 21.8 Å². The third-order valence-electron chi connectivity index (χ3n) is 4.06. The summed E-state index contributed by atoms with van der Waals surface area (Å²) >= 11 is 0. The number of anilines is 2. The molecule has 144 valence electrons. The quantitative estimate of drug-likeness (QED) is 0.529. The first-order valence-electron chi connectivity index (χ1n) is 8.28. The van der Waals surface area contributed by atoms with Crippen molar-refractivity contribution in [2.45, 2.75) is 6.92 Å². The third kappa shape index (κ3) is 3.37. The molecule has 8 nitrogen and oxygen atoms in total. The molecule has 3 aromatic rings. The summed E-state index contributed by atoms with van der Waals surface area (Å²) in [5, 5.41) is 9.11. The first-order chi connectivity index (χ1) is 13.3. The molecule has 0 radical (unpaired) electrons. The molecule has 0 aliphatic heterocycles. The van der Waals surface area contributed by atoms with Gasteiger partial charge in [-0.25, -0.2) is 14.2 Å². The number of halogens is 1. The number of aromatic nitrogens is 2. The Morgan fingerprint density at radius 3 is 2.64 bits per heavy atom. The lowest BCUT2D eigenvalue weighted by Gasteiger charge is -2.13. The molecular formula is C19H17FN4O4. The molecule has 1 aromatic heterocycles. The second kappa shape index (κ2) is 7.39. The number of nitrogens with two attached hydrogens (primary N) is 2. The van der Waals surface area contributed by atoms with E-state index in [9.17, 15) is 14.0 Å². The minimum Gasteiger partial charge on any atom is -0.493 e. The fraction of sp³-hybridized carbons (Fsp3) is 0.105. The summed E-state index contributed by atoms with van der Waals surface area (Å²) in [4.78, 5) is 29.7. The maximum absolute atomic E-state index is 14.6. The highest BCUT2D eigenvalue weighted by molar-refractivity contribution is 5.90. The number of carboxylic acids is 1. The van der Waals surface area contributed by atoms with Crippen molar-refractivity contribution >= 4 is 17.5 Å². The van der Waals surface area contributed by atoms with Crippen LogP contribution in [-0.2, 0) is 0 Å². The van der Waals surface area contributed by atoms with Gasteiger partial charge in [0.25, 0.3) is 5.56 Å². The summed E-state index contributed by atoms with van der Waals surface area (Å²) in [7, 11) is 0. The lowest BCUT2D eigenvalue weighted by molar-refractivity contribution is 0.0692. The molecule has 28 heavy (non-hydrogen) atoms. The third-order valence-corrected chi connectivity index (χ3v) is 4.06. The van der Waals surface area contributed by atoms with Crippen LogP contribution in [0.1, 0.15) is 17.3 Å². The number of H-pyrrole nitrogens is 1. The highest BCUT2D eigenvalue weighted by atomic mass is 19.1. The van der Waals surface area contributed by atoms with Crippen molar-refractivity contribution in [1.82, 2.24) is 9.97 Å². The van der Waals surface area contributed by atoms with Crippen LogP contribution in [0, 0.1) is 5.82 Å². The summed E-state index contributed by atoms with van der Waals surface area (Å²) in [5.41, 5.74) is 10.9. The van der Waals surface area contributed by atoms with Crippen LogP contribution >= 0.6 is 0 Å². The lowest BCUT2D eigenvalue weighted by Crippen LogP contribution is -2.17. The highest BCUT2D eigenvalue weighted by Gasteiger charge is 2.18. The molecule has 1 heterocycles. The topological polar surface area (TPSA) is 144 Å². The van der Waals surface area contributed by atoms with E-state index in [4.69, 9.17) is 21.3 Å². The summed E-state index contributed by atoms with van der Waals surface area (Å²) in [6.45, 7) is 2.05. The molecule has 0 aliphatic rings. The van der Waals surface area contributed by atoms with Crippen molar-refractivity contribution in [2.75, 3.05) is 18.1 Å². The molecule has 0 saturated heterocycles. The number of hydrogen-bond donors (Lipinski definition) is 4. The van der Waals surface area contributed by atoms with Gasteiger partial charge < -0.3 is 26.3 Å². The van der Waals surface area contributed by atoms with Crippen molar-refractivity contribution in [3.05, 3.63) is 58.1 Å². The molecule has 9 heteroatoms. The summed E-state index contributed by atoms with van der Waals surface area (Å²) in [5.74, 6) is -1.88. The Morgan fingerprint density at radius 1 is 1.25 bits per heavy atom. The number of nitrogens with one attached hydrogen (secondary N) is 1. The zero-order valence-electron chi connectivity index (χ0n) is 14.8. The van der Waals surface area contributed by atoms with E-state index in [-0.39, 0.29) is 22.9 Å². The monoisotopic (exact) mass is 384 g/mol. The maximum Gasteiger partial charge on any atom is 0.338 e. The summed E-state index contributed by atoms with van der Waals surface area (Å²) < 4.78 is 20.2. The van der Waals surface area contributed by atoms with Crippen molar-refractivity contribution < 1.29 is 19.0 Å². The fourth-order valence-corrected chi connectivity index (χ4v) is 2.71. The van der Waals surface area contributed by atoms with Crippen molar-refractivity contribution in [3.63, 3.8) is 0 Å². The highest BCUT2D eigenvalue weighted by Crippen LogP contribution is 2.34. The van der Waals surface area contributed by atoms with E-state index in [1.807, 2.05) is 0 Å². The van der Waals surface area contributed by atoms with Crippen LogP contribution in [0.25, 0.3) is 22.5 Å².